The third kappa shape index (κ3) is 5.60. The lowest BCUT2D eigenvalue weighted by Crippen LogP contribution is -2.27. The largest absolute Gasteiger partial charge is 0.494 e. The molecule has 0 unspecified atom stereocenters. The van der Waals surface area contributed by atoms with Crippen LogP contribution < -0.4 is 15.4 Å². The van der Waals surface area contributed by atoms with Gasteiger partial charge in [-0.3, -0.25) is 4.79 Å². The van der Waals surface area contributed by atoms with Crippen molar-refractivity contribution in [3.63, 3.8) is 0 Å². The van der Waals surface area contributed by atoms with E-state index < -0.39 is 0 Å². The minimum absolute atomic E-state index is 0.133. The van der Waals surface area contributed by atoms with Crippen LogP contribution in [0.4, 0.5) is 5.13 Å². The second-order valence-electron chi connectivity index (χ2n) is 8.57. The molecule has 8 nitrogen and oxygen atoms in total. The number of rotatable bonds is 9. The lowest BCUT2D eigenvalue weighted by molar-refractivity contribution is -0.115. The number of carbonyl (C=O) groups is 1. The van der Waals surface area contributed by atoms with Gasteiger partial charge in [-0.25, -0.2) is 4.98 Å². The van der Waals surface area contributed by atoms with Gasteiger partial charge in [0.2, 0.25) is 11.0 Å². The molecular weight excluding hydrogens is 448 g/mol. The number of nitrogens with zero attached hydrogens (tertiary/aromatic N) is 3. The molecule has 0 radical (unpaired) electrons. The molecule has 0 spiro atoms. The molecule has 1 aliphatic heterocycles. The van der Waals surface area contributed by atoms with Crippen LogP contribution in [0.3, 0.4) is 0 Å². The molecule has 0 atom stereocenters. The Balaban J connectivity index is 1.12. The summed E-state index contributed by atoms with van der Waals surface area (Å²) in [5, 5.41) is 16.8. The van der Waals surface area contributed by atoms with Crippen molar-refractivity contribution in [2.45, 2.75) is 32.1 Å². The number of hydrogen-bond donors (Lipinski definition) is 3. The number of ether oxygens (including phenoxy) is 1. The fourth-order valence-electron chi connectivity index (χ4n) is 4.34. The molecule has 0 saturated carbocycles. The number of amides is 1. The molecule has 3 aromatic heterocycles. The van der Waals surface area contributed by atoms with E-state index in [0.717, 1.165) is 58.3 Å². The molecular formula is C25H28N6O2S. The minimum Gasteiger partial charge on any atom is -0.494 e. The standard InChI is InChI=1S/C25H28N6O2S/c32-22(29-25-31-30-24(34-25)21-16-28-23-20(21)7-2-10-27-23)15-18-4-1-6-19(14-18)33-13-3-5-17-8-11-26-12-9-17/h1-2,4,6-7,10,14,16-17,26H,3,5,8-9,11-13,15H2,(H,27,28)(H,29,31,32). The zero-order valence-electron chi connectivity index (χ0n) is 18.9. The van der Waals surface area contributed by atoms with E-state index in [0.29, 0.717) is 11.7 Å². The van der Waals surface area contributed by atoms with Gasteiger partial charge in [0.25, 0.3) is 0 Å². The number of aromatic amines is 1. The molecule has 1 amide bonds. The van der Waals surface area contributed by atoms with Crippen LogP contribution in [-0.2, 0) is 11.2 Å². The van der Waals surface area contributed by atoms with Gasteiger partial charge in [0, 0.05) is 23.3 Å². The predicted octanol–water partition coefficient (Wildman–Crippen LogP) is 4.42. The Bertz CT molecular complexity index is 1250. The summed E-state index contributed by atoms with van der Waals surface area (Å²) in [5.74, 6) is 1.49. The number of nitrogens with one attached hydrogen (secondary N) is 3. The first-order valence-electron chi connectivity index (χ1n) is 11.7. The second kappa shape index (κ2) is 10.8. The predicted molar refractivity (Wildman–Crippen MR) is 134 cm³/mol. The molecule has 0 aliphatic carbocycles. The zero-order valence-corrected chi connectivity index (χ0v) is 19.7. The summed E-state index contributed by atoms with van der Waals surface area (Å²) in [4.78, 5) is 20.0. The first-order valence-corrected chi connectivity index (χ1v) is 12.5. The van der Waals surface area contributed by atoms with Crippen LogP contribution in [-0.4, -0.2) is 45.8 Å². The van der Waals surface area contributed by atoms with Crippen LogP contribution in [0, 0.1) is 5.92 Å². The van der Waals surface area contributed by atoms with E-state index in [1.165, 1.54) is 30.6 Å². The number of pyridine rings is 1. The average Bonchev–Trinajstić information content (AvgIpc) is 3.49. The molecule has 3 N–H and O–H groups in total. The van der Waals surface area contributed by atoms with E-state index in [4.69, 9.17) is 4.74 Å². The fourth-order valence-corrected chi connectivity index (χ4v) is 5.13. The molecule has 4 aromatic rings. The van der Waals surface area contributed by atoms with E-state index in [-0.39, 0.29) is 12.3 Å². The maximum absolute atomic E-state index is 12.6. The highest BCUT2D eigenvalue weighted by atomic mass is 32.1. The molecule has 4 heterocycles. The van der Waals surface area contributed by atoms with Crippen LogP contribution in [0.1, 0.15) is 31.2 Å². The van der Waals surface area contributed by atoms with Gasteiger partial charge in [-0.15, -0.1) is 10.2 Å². The first kappa shape index (κ1) is 22.5. The number of hydrogen-bond acceptors (Lipinski definition) is 7. The van der Waals surface area contributed by atoms with Gasteiger partial charge in [-0.05, 0) is 74.5 Å². The maximum Gasteiger partial charge on any atom is 0.230 e. The number of piperidine rings is 1. The number of benzene rings is 1. The third-order valence-corrected chi connectivity index (χ3v) is 6.97. The van der Waals surface area contributed by atoms with Gasteiger partial charge in [0.15, 0.2) is 5.01 Å². The van der Waals surface area contributed by atoms with E-state index in [1.807, 2.05) is 42.6 Å². The third-order valence-electron chi connectivity index (χ3n) is 6.10. The first-order chi connectivity index (χ1) is 16.7. The Kier molecular flexibility index (Phi) is 7.11. The number of aromatic nitrogens is 4. The molecule has 1 fully saturated rings. The highest BCUT2D eigenvalue weighted by molar-refractivity contribution is 7.18. The van der Waals surface area contributed by atoms with Crippen LogP contribution in [0.25, 0.3) is 21.6 Å². The Morgan fingerprint density at radius 3 is 3.00 bits per heavy atom. The Hall–Kier alpha value is -3.30. The lowest BCUT2D eigenvalue weighted by atomic mass is 9.93. The summed E-state index contributed by atoms with van der Waals surface area (Å²) in [7, 11) is 0. The van der Waals surface area contributed by atoms with E-state index in [2.05, 4.69) is 30.8 Å². The van der Waals surface area contributed by atoms with Gasteiger partial charge in [0.05, 0.1) is 13.0 Å². The summed E-state index contributed by atoms with van der Waals surface area (Å²) >= 11 is 1.34. The van der Waals surface area contributed by atoms with E-state index >= 15 is 0 Å². The van der Waals surface area contributed by atoms with Crippen LogP contribution in [0.2, 0.25) is 0 Å². The highest BCUT2D eigenvalue weighted by Crippen LogP contribution is 2.31. The number of H-pyrrole nitrogens is 1. The van der Waals surface area contributed by atoms with Crippen molar-refractivity contribution in [1.29, 1.82) is 0 Å². The number of fused-ring (bicyclic) bond motifs is 1. The van der Waals surface area contributed by atoms with Gasteiger partial charge in [-0.1, -0.05) is 23.5 Å². The van der Waals surface area contributed by atoms with Gasteiger partial charge in [-0.2, -0.15) is 0 Å². The average molecular weight is 477 g/mol. The van der Waals surface area contributed by atoms with Crippen LogP contribution in [0.15, 0.2) is 48.8 Å². The summed E-state index contributed by atoms with van der Waals surface area (Å²) in [5.41, 5.74) is 2.62. The van der Waals surface area contributed by atoms with Gasteiger partial charge < -0.3 is 20.4 Å². The highest BCUT2D eigenvalue weighted by Gasteiger charge is 2.15. The van der Waals surface area contributed by atoms with Crippen LogP contribution >= 0.6 is 11.3 Å². The van der Waals surface area contributed by atoms with Crippen molar-refractivity contribution in [1.82, 2.24) is 25.5 Å². The van der Waals surface area contributed by atoms with Gasteiger partial charge >= 0.3 is 0 Å². The molecule has 1 saturated heterocycles. The molecule has 1 aromatic carbocycles. The SMILES string of the molecule is O=C(Cc1cccc(OCCCC2CCNCC2)c1)Nc1nnc(-c2c[nH]c3ncccc23)s1. The number of carbonyl (C=O) groups excluding carboxylic acids is 1. The van der Waals surface area contributed by atoms with Crippen molar-refractivity contribution < 1.29 is 9.53 Å². The van der Waals surface area contributed by atoms with E-state index in [9.17, 15) is 4.79 Å². The van der Waals surface area contributed by atoms with Crippen molar-refractivity contribution in [3.8, 4) is 16.3 Å². The molecule has 5 rings (SSSR count). The van der Waals surface area contributed by atoms with Gasteiger partial charge in [0.1, 0.15) is 11.4 Å². The summed E-state index contributed by atoms with van der Waals surface area (Å²) in [6, 6.07) is 11.6. The van der Waals surface area contributed by atoms with Crippen molar-refractivity contribution >= 4 is 33.4 Å². The molecule has 1 aliphatic rings. The summed E-state index contributed by atoms with van der Waals surface area (Å²) in [6.07, 6.45) is 8.65. The smallest absolute Gasteiger partial charge is 0.230 e. The Labute approximate surface area is 202 Å². The fraction of sp³-hybridized carbons (Fsp3) is 0.360. The van der Waals surface area contributed by atoms with Crippen molar-refractivity contribution in [2.24, 2.45) is 5.92 Å². The monoisotopic (exact) mass is 476 g/mol. The second-order valence-corrected chi connectivity index (χ2v) is 9.55. The van der Waals surface area contributed by atoms with Crippen molar-refractivity contribution in [2.75, 3.05) is 25.0 Å². The van der Waals surface area contributed by atoms with Crippen LogP contribution in [0.5, 0.6) is 5.75 Å². The molecule has 34 heavy (non-hydrogen) atoms. The molecule has 9 heteroatoms. The molecule has 0 bridgehead atoms. The lowest BCUT2D eigenvalue weighted by Gasteiger charge is -2.22. The quantitative estimate of drug-likeness (QED) is 0.309. The maximum atomic E-state index is 12.6. The topological polar surface area (TPSA) is 105 Å². The number of anilines is 1. The minimum atomic E-state index is -0.133. The summed E-state index contributed by atoms with van der Waals surface area (Å²) < 4.78 is 5.94. The Morgan fingerprint density at radius 2 is 2.09 bits per heavy atom. The zero-order chi connectivity index (χ0) is 23.2. The van der Waals surface area contributed by atoms with E-state index in [1.54, 1.807) is 6.20 Å². The van der Waals surface area contributed by atoms with Crippen molar-refractivity contribution in [3.05, 3.63) is 54.4 Å². The molecule has 176 valence electrons. The normalized spacial score (nSPS) is 14.4. The summed E-state index contributed by atoms with van der Waals surface area (Å²) in [6.45, 7) is 2.97. The Morgan fingerprint density at radius 1 is 1.18 bits per heavy atom.